The molecule has 1 heterocycles. The van der Waals surface area contributed by atoms with Gasteiger partial charge in [-0.15, -0.1) is 0 Å². The summed E-state index contributed by atoms with van der Waals surface area (Å²) in [5.74, 6) is -0.0910. The lowest BCUT2D eigenvalue weighted by atomic mass is 10.1. The van der Waals surface area contributed by atoms with Crippen molar-refractivity contribution in [3.63, 3.8) is 0 Å². The molecule has 2 aromatic carbocycles. The van der Waals surface area contributed by atoms with Crippen LogP contribution < -0.4 is 10.2 Å². The zero-order valence-electron chi connectivity index (χ0n) is 14.1. The summed E-state index contributed by atoms with van der Waals surface area (Å²) in [7, 11) is 2.16. The van der Waals surface area contributed by atoms with Gasteiger partial charge in [0.2, 0.25) is 0 Å². The van der Waals surface area contributed by atoms with Crippen LogP contribution in [0.3, 0.4) is 0 Å². The summed E-state index contributed by atoms with van der Waals surface area (Å²) in [5.41, 5.74) is 3.81. The van der Waals surface area contributed by atoms with Crippen LogP contribution in [0.4, 0.5) is 11.4 Å². The van der Waals surface area contributed by atoms with Crippen molar-refractivity contribution >= 4 is 33.2 Å². The van der Waals surface area contributed by atoms with Crippen LogP contribution >= 0.6 is 15.9 Å². The van der Waals surface area contributed by atoms with Gasteiger partial charge in [-0.05, 0) is 55.9 Å². The molecule has 0 aliphatic carbocycles. The number of aryl methyl sites for hydroxylation is 1. The lowest BCUT2D eigenvalue weighted by Gasteiger charge is -2.34. The van der Waals surface area contributed by atoms with Gasteiger partial charge in [0.25, 0.3) is 5.91 Å². The average Bonchev–Trinajstić information content (AvgIpc) is 2.57. The van der Waals surface area contributed by atoms with E-state index < -0.39 is 0 Å². The third-order valence-electron chi connectivity index (χ3n) is 4.41. The molecule has 1 saturated heterocycles. The van der Waals surface area contributed by atoms with Crippen molar-refractivity contribution in [1.29, 1.82) is 0 Å². The van der Waals surface area contributed by atoms with Gasteiger partial charge in [0.05, 0.1) is 0 Å². The Kier molecular flexibility index (Phi) is 5.21. The topological polar surface area (TPSA) is 35.6 Å². The van der Waals surface area contributed by atoms with Crippen molar-refractivity contribution in [3.05, 3.63) is 58.1 Å². The zero-order valence-corrected chi connectivity index (χ0v) is 15.6. The van der Waals surface area contributed by atoms with E-state index >= 15 is 0 Å². The van der Waals surface area contributed by atoms with E-state index in [0.29, 0.717) is 5.56 Å². The molecule has 1 amide bonds. The minimum Gasteiger partial charge on any atom is -0.369 e. The highest BCUT2D eigenvalue weighted by molar-refractivity contribution is 9.10. The van der Waals surface area contributed by atoms with Gasteiger partial charge in [0.15, 0.2) is 0 Å². The fourth-order valence-electron chi connectivity index (χ4n) is 2.87. The highest BCUT2D eigenvalue weighted by Gasteiger charge is 2.15. The predicted octanol–water partition coefficient (Wildman–Crippen LogP) is 3.76. The van der Waals surface area contributed by atoms with Gasteiger partial charge in [-0.1, -0.05) is 22.0 Å². The van der Waals surface area contributed by atoms with E-state index in [4.69, 9.17) is 0 Å². The molecule has 24 heavy (non-hydrogen) atoms. The normalized spacial score (nSPS) is 15.4. The number of hydrogen-bond acceptors (Lipinski definition) is 3. The minimum absolute atomic E-state index is 0.0910. The molecule has 0 unspecified atom stereocenters. The molecule has 5 heteroatoms. The molecule has 3 rings (SSSR count). The van der Waals surface area contributed by atoms with E-state index in [-0.39, 0.29) is 5.91 Å². The standard InChI is InChI=1S/C19H22BrN3O/c1-14-12-17(23-10-8-22(2)9-11-23)6-7-18(14)21-19(24)15-4-3-5-16(20)13-15/h3-7,12-13H,8-11H2,1-2H3,(H,21,24). The van der Waals surface area contributed by atoms with Crippen LogP contribution in [0.25, 0.3) is 0 Å². The predicted molar refractivity (Wildman–Crippen MR) is 103 cm³/mol. The summed E-state index contributed by atoms with van der Waals surface area (Å²) >= 11 is 3.40. The molecule has 1 N–H and O–H groups in total. The maximum Gasteiger partial charge on any atom is 0.255 e. The Labute approximate surface area is 151 Å². The molecular formula is C19H22BrN3O. The fourth-order valence-corrected chi connectivity index (χ4v) is 3.27. The average molecular weight is 388 g/mol. The fraction of sp³-hybridized carbons (Fsp3) is 0.316. The summed E-state index contributed by atoms with van der Waals surface area (Å²) in [5, 5.41) is 3.00. The molecule has 2 aromatic rings. The summed E-state index contributed by atoms with van der Waals surface area (Å²) in [6, 6.07) is 13.7. The molecule has 0 spiro atoms. The number of nitrogens with one attached hydrogen (secondary N) is 1. The first kappa shape index (κ1) is 17.0. The minimum atomic E-state index is -0.0910. The number of halogens is 1. The lowest BCUT2D eigenvalue weighted by molar-refractivity contribution is 0.102. The molecule has 0 saturated carbocycles. The second-order valence-corrected chi connectivity index (χ2v) is 7.17. The van der Waals surface area contributed by atoms with Crippen LogP contribution in [-0.2, 0) is 0 Å². The molecular weight excluding hydrogens is 366 g/mol. The SMILES string of the molecule is Cc1cc(N2CCN(C)CC2)ccc1NC(=O)c1cccc(Br)c1. The zero-order chi connectivity index (χ0) is 17.1. The van der Waals surface area contributed by atoms with Crippen LogP contribution in [0.1, 0.15) is 15.9 Å². The van der Waals surface area contributed by atoms with Crippen LogP contribution in [-0.4, -0.2) is 44.0 Å². The Bertz CT molecular complexity index is 739. The van der Waals surface area contributed by atoms with E-state index in [9.17, 15) is 4.79 Å². The van der Waals surface area contributed by atoms with Crippen LogP contribution in [0.2, 0.25) is 0 Å². The van der Waals surface area contributed by atoms with Crippen LogP contribution in [0, 0.1) is 6.92 Å². The van der Waals surface area contributed by atoms with Crippen molar-refractivity contribution in [1.82, 2.24) is 4.90 Å². The smallest absolute Gasteiger partial charge is 0.255 e. The number of benzene rings is 2. The molecule has 0 bridgehead atoms. The quantitative estimate of drug-likeness (QED) is 0.870. The van der Waals surface area contributed by atoms with Crippen molar-refractivity contribution in [2.24, 2.45) is 0 Å². The number of nitrogens with zero attached hydrogens (tertiary/aromatic N) is 2. The Morgan fingerprint density at radius 3 is 2.50 bits per heavy atom. The molecule has 0 radical (unpaired) electrons. The van der Waals surface area contributed by atoms with E-state index in [1.165, 1.54) is 5.69 Å². The molecule has 1 aliphatic rings. The van der Waals surface area contributed by atoms with Gasteiger partial charge in [-0.3, -0.25) is 4.79 Å². The number of anilines is 2. The number of hydrogen-bond donors (Lipinski definition) is 1. The van der Waals surface area contributed by atoms with Gasteiger partial charge in [0.1, 0.15) is 0 Å². The highest BCUT2D eigenvalue weighted by Crippen LogP contribution is 2.24. The van der Waals surface area contributed by atoms with E-state index in [0.717, 1.165) is 41.9 Å². The second kappa shape index (κ2) is 7.36. The Hall–Kier alpha value is -1.85. The Morgan fingerprint density at radius 1 is 1.08 bits per heavy atom. The van der Waals surface area contributed by atoms with Gasteiger partial charge < -0.3 is 15.1 Å². The number of piperazine rings is 1. The Balaban J connectivity index is 1.72. The first-order valence-electron chi connectivity index (χ1n) is 8.14. The molecule has 1 aliphatic heterocycles. The number of amides is 1. The Morgan fingerprint density at radius 2 is 1.83 bits per heavy atom. The lowest BCUT2D eigenvalue weighted by Crippen LogP contribution is -2.44. The highest BCUT2D eigenvalue weighted by atomic mass is 79.9. The maximum absolute atomic E-state index is 12.4. The summed E-state index contributed by atoms with van der Waals surface area (Å²) in [6.07, 6.45) is 0. The van der Waals surface area contributed by atoms with Gasteiger partial charge >= 0.3 is 0 Å². The van der Waals surface area contributed by atoms with Crippen LogP contribution in [0.15, 0.2) is 46.9 Å². The second-order valence-electron chi connectivity index (χ2n) is 6.25. The molecule has 4 nitrogen and oxygen atoms in total. The van der Waals surface area contributed by atoms with Crippen molar-refractivity contribution in [2.75, 3.05) is 43.4 Å². The third-order valence-corrected chi connectivity index (χ3v) is 4.91. The summed E-state index contributed by atoms with van der Waals surface area (Å²) in [6.45, 7) is 6.29. The van der Waals surface area contributed by atoms with Crippen molar-refractivity contribution in [2.45, 2.75) is 6.92 Å². The first-order chi connectivity index (χ1) is 11.5. The maximum atomic E-state index is 12.4. The van der Waals surface area contributed by atoms with E-state index in [2.05, 4.69) is 50.2 Å². The van der Waals surface area contributed by atoms with E-state index in [1.807, 2.05) is 37.3 Å². The monoisotopic (exact) mass is 387 g/mol. The largest absolute Gasteiger partial charge is 0.369 e. The van der Waals surface area contributed by atoms with Crippen molar-refractivity contribution < 1.29 is 4.79 Å². The molecule has 0 aromatic heterocycles. The van der Waals surface area contributed by atoms with Gasteiger partial charge in [-0.25, -0.2) is 0 Å². The number of rotatable bonds is 3. The van der Waals surface area contributed by atoms with Gasteiger partial charge in [-0.2, -0.15) is 0 Å². The summed E-state index contributed by atoms with van der Waals surface area (Å²) < 4.78 is 0.900. The molecule has 1 fully saturated rings. The number of carbonyl (C=O) groups is 1. The first-order valence-corrected chi connectivity index (χ1v) is 8.93. The molecule has 126 valence electrons. The van der Waals surface area contributed by atoms with E-state index in [1.54, 1.807) is 0 Å². The van der Waals surface area contributed by atoms with Crippen LogP contribution in [0.5, 0.6) is 0 Å². The van der Waals surface area contributed by atoms with Crippen molar-refractivity contribution in [3.8, 4) is 0 Å². The third kappa shape index (κ3) is 3.97. The molecule has 0 atom stereocenters. The van der Waals surface area contributed by atoms with Gasteiger partial charge in [0, 0.05) is 47.6 Å². The number of carbonyl (C=O) groups excluding carboxylic acids is 1. The number of likely N-dealkylation sites (N-methyl/N-ethyl adjacent to an activating group) is 1. The summed E-state index contributed by atoms with van der Waals surface area (Å²) in [4.78, 5) is 17.1.